The van der Waals surface area contributed by atoms with Gasteiger partial charge in [-0.1, -0.05) is 42.5 Å². The number of rotatable bonds is 8. The Bertz CT molecular complexity index is 861. The zero-order chi connectivity index (χ0) is 18.9. The van der Waals surface area contributed by atoms with Crippen molar-refractivity contribution in [2.45, 2.75) is 13.3 Å². The van der Waals surface area contributed by atoms with Crippen LogP contribution < -0.4 is 15.4 Å². The Labute approximate surface area is 160 Å². The van der Waals surface area contributed by atoms with Crippen LogP contribution in [0.1, 0.15) is 11.1 Å². The number of benzene rings is 3. The highest BCUT2D eigenvalue weighted by Crippen LogP contribution is 2.16. The first-order valence-electron chi connectivity index (χ1n) is 9.06. The van der Waals surface area contributed by atoms with Crippen LogP contribution in [0.4, 0.5) is 11.4 Å². The standard InChI is InChI=1S/C23H24N2O2/c1-18-6-5-9-21(16-18)24-17-23(26)25-20-10-12-22(13-11-20)27-15-14-19-7-3-2-4-8-19/h2-13,16,24H,14-15,17H2,1H3,(H,25,26). The molecule has 3 aromatic rings. The summed E-state index contributed by atoms with van der Waals surface area (Å²) in [6, 6.07) is 25.6. The summed E-state index contributed by atoms with van der Waals surface area (Å²) in [7, 11) is 0. The highest BCUT2D eigenvalue weighted by Gasteiger charge is 2.03. The second-order valence-corrected chi connectivity index (χ2v) is 6.38. The van der Waals surface area contributed by atoms with Crippen LogP contribution in [0.25, 0.3) is 0 Å². The molecule has 0 aliphatic heterocycles. The van der Waals surface area contributed by atoms with E-state index in [4.69, 9.17) is 4.74 Å². The summed E-state index contributed by atoms with van der Waals surface area (Å²) in [5.41, 5.74) is 4.10. The number of anilines is 2. The molecule has 0 saturated carbocycles. The van der Waals surface area contributed by atoms with Crippen molar-refractivity contribution in [1.82, 2.24) is 0 Å². The molecule has 3 rings (SSSR count). The van der Waals surface area contributed by atoms with Crippen molar-refractivity contribution in [1.29, 1.82) is 0 Å². The molecule has 4 heteroatoms. The van der Waals surface area contributed by atoms with E-state index in [9.17, 15) is 4.79 Å². The van der Waals surface area contributed by atoms with Crippen molar-refractivity contribution in [3.05, 3.63) is 90.0 Å². The number of amides is 1. The van der Waals surface area contributed by atoms with Gasteiger partial charge in [0.2, 0.25) is 5.91 Å². The number of nitrogens with one attached hydrogen (secondary N) is 2. The first-order valence-corrected chi connectivity index (χ1v) is 9.06. The summed E-state index contributed by atoms with van der Waals surface area (Å²) < 4.78 is 5.76. The van der Waals surface area contributed by atoms with Crippen LogP contribution in [0.5, 0.6) is 5.75 Å². The van der Waals surface area contributed by atoms with Crippen molar-refractivity contribution in [2.24, 2.45) is 0 Å². The third-order valence-corrected chi connectivity index (χ3v) is 4.11. The predicted octanol–water partition coefficient (Wildman–Crippen LogP) is 4.67. The van der Waals surface area contributed by atoms with Crippen LogP contribution >= 0.6 is 0 Å². The van der Waals surface area contributed by atoms with Gasteiger partial charge in [-0.25, -0.2) is 0 Å². The van der Waals surface area contributed by atoms with Gasteiger partial charge in [0.15, 0.2) is 0 Å². The summed E-state index contributed by atoms with van der Waals surface area (Å²) in [6.45, 7) is 2.86. The molecule has 0 atom stereocenters. The molecule has 0 heterocycles. The number of aryl methyl sites for hydroxylation is 1. The third-order valence-electron chi connectivity index (χ3n) is 4.11. The largest absolute Gasteiger partial charge is 0.493 e. The zero-order valence-corrected chi connectivity index (χ0v) is 15.4. The molecule has 3 aromatic carbocycles. The highest BCUT2D eigenvalue weighted by atomic mass is 16.5. The first kappa shape index (κ1) is 18.5. The second-order valence-electron chi connectivity index (χ2n) is 6.38. The summed E-state index contributed by atoms with van der Waals surface area (Å²) in [5, 5.41) is 6.00. The quantitative estimate of drug-likeness (QED) is 0.614. The van der Waals surface area contributed by atoms with Gasteiger partial charge in [-0.2, -0.15) is 0 Å². The number of carbonyl (C=O) groups is 1. The third kappa shape index (κ3) is 6.19. The van der Waals surface area contributed by atoms with Crippen LogP contribution in [0.2, 0.25) is 0 Å². The topological polar surface area (TPSA) is 50.4 Å². The number of ether oxygens (including phenoxy) is 1. The Morgan fingerprint density at radius 2 is 1.67 bits per heavy atom. The lowest BCUT2D eigenvalue weighted by Gasteiger charge is -2.10. The molecule has 138 valence electrons. The summed E-state index contributed by atoms with van der Waals surface area (Å²) >= 11 is 0. The van der Waals surface area contributed by atoms with Crippen LogP contribution in [-0.4, -0.2) is 19.1 Å². The van der Waals surface area contributed by atoms with Gasteiger partial charge in [-0.15, -0.1) is 0 Å². The Morgan fingerprint density at radius 3 is 2.41 bits per heavy atom. The fourth-order valence-electron chi connectivity index (χ4n) is 2.71. The van der Waals surface area contributed by atoms with Gasteiger partial charge in [0.25, 0.3) is 0 Å². The van der Waals surface area contributed by atoms with Crippen molar-refractivity contribution >= 4 is 17.3 Å². The molecule has 0 radical (unpaired) electrons. The molecule has 0 fully saturated rings. The Kier molecular flexibility index (Phi) is 6.47. The van der Waals surface area contributed by atoms with Gasteiger partial charge in [0, 0.05) is 17.8 Å². The molecular formula is C23H24N2O2. The van der Waals surface area contributed by atoms with Crippen LogP contribution in [0, 0.1) is 6.92 Å². The second kappa shape index (κ2) is 9.43. The van der Waals surface area contributed by atoms with Gasteiger partial charge >= 0.3 is 0 Å². The Balaban J connectivity index is 1.42. The fourth-order valence-corrected chi connectivity index (χ4v) is 2.71. The van der Waals surface area contributed by atoms with E-state index in [0.29, 0.717) is 6.61 Å². The van der Waals surface area contributed by atoms with E-state index >= 15 is 0 Å². The van der Waals surface area contributed by atoms with Crippen molar-refractivity contribution in [3.8, 4) is 5.75 Å². The lowest BCUT2D eigenvalue weighted by Crippen LogP contribution is -2.21. The molecule has 0 aliphatic rings. The van der Waals surface area contributed by atoms with Crippen LogP contribution in [0.15, 0.2) is 78.9 Å². The van der Waals surface area contributed by atoms with Crippen molar-refractivity contribution in [3.63, 3.8) is 0 Å². The summed E-state index contributed by atoms with van der Waals surface area (Å²) in [5.74, 6) is 0.705. The van der Waals surface area contributed by atoms with E-state index in [1.165, 1.54) is 5.56 Å². The maximum Gasteiger partial charge on any atom is 0.243 e. The highest BCUT2D eigenvalue weighted by molar-refractivity contribution is 5.93. The monoisotopic (exact) mass is 360 g/mol. The smallest absolute Gasteiger partial charge is 0.243 e. The molecule has 4 nitrogen and oxygen atoms in total. The van der Waals surface area contributed by atoms with E-state index < -0.39 is 0 Å². The minimum atomic E-state index is -0.0887. The molecule has 0 unspecified atom stereocenters. The first-order chi connectivity index (χ1) is 13.2. The van der Waals surface area contributed by atoms with Crippen LogP contribution in [0.3, 0.4) is 0 Å². The molecular weight excluding hydrogens is 336 g/mol. The predicted molar refractivity (Wildman–Crippen MR) is 110 cm³/mol. The minimum absolute atomic E-state index is 0.0887. The van der Waals surface area contributed by atoms with E-state index in [1.54, 1.807) is 0 Å². The van der Waals surface area contributed by atoms with Gasteiger partial charge in [-0.05, 0) is 54.4 Å². The van der Waals surface area contributed by atoms with Gasteiger partial charge in [0.1, 0.15) is 5.75 Å². The SMILES string of the molecule is Cc1cccc(NCC(=O)Nc2ccc(OCCc3ccccc3)cc2)c1. The molecule has 0 saturated heterocycles. The molecule has 0 aliphatic carbocycles. The Hall–Kier alpha value is -3.27. The van der Waals surface area contributed by atoms with Gasteiger partial charge in [-0.3, -0.25) is 4.79 Å². The minimum Gasteiger partial charge on any atom is -0.493 e. The van der Waals surface area contributed by atoms with Crippen molar-refractivity contribution < 1.29 is 9.53 Å². The van der Waals surface area contributed by atoms with E-state index in [1.807, 2.05) is 73.7 Å². The maximum atomic E-state index is 12.1. The average Bonchev–Trinajstić information content (AvgIpc) is 2.69. The van der Waals surface area contributed by atoms with Crippen LogP contribution in [-0.2, 0) is 11.2 Å². The Morgan fingerprint density at radius 1 is 0.889 bits per heavy atom. The zero-order valence-electron chi connectivity index (χ0n) is 15.4. The lowest BCUT2D eigenvalue weighted by atomic mass is 10.2. The molecule has 27 heavy (non-hydrogen) atoms. The molecule has 2 N–H and O–H groups in total. The molecule has 1 amide bonds. The van der Waals surface area contributed by atoms with Crippen molar-refractivity contribution in [2.75, 3.05) is 23.8 Å². The molecule has 0 aromatic heterocycles. The van der Waals surface area contributed by atoms with E-state index in [2.05, 4.69) is 22.8 Å². The lowest BCUT2D eigenvalue weighted by molar-refractivity contribution is -0.114. The average molecular weight is 360 g/mol. The maximum absolute atomic E-state index is 12.1. The summed E-state index contributed by atoms with van der Waals surface area (Å²) in [6.07, 6.45) is 0.865. The summed E-state index contributed by atoms with van der Waals surface area (Å²) in [4.78, 5) is 12.1. The van der Waals surface area contributed by atoms with E-state index in [0.717, 1.165) is 29.1 Å². The molecule has 0 bridgehead atoms. The molecule has 0 spiro atoms. The van der Waals surface area contributed by atoms with E-state index in [-0.39, 0.29) is 12.5 Å². The fraction of sp³-hybridized carbons (Fsp3) is 0.174. The number of carbonyl (C=O) groups excluding carboxylic acids is 1. The number of hydrogen-bond donors (Lipinski definition) is 2. The van der Waals surface area contributed by atoms with Gasteiger partial charge in [0.05, 0.1) is 13.2 Å². The normalized spacial score (nSPS) is 10.3. The van der Waals surface area contributed by atoms with Gasteiger partial charge < -0.3 is 15.4 Å². The number of hydrogen-bond acceptors (Lipinski definition) is 3.